The molecule has 0 aromatic carbocycles. The monoisotopic (exact) mass is 426 g/mol. The molecule has 1 aromatic heterocycles. The van der Waals surface area contributed by atoms with Crippen molar-refractivity contribution in [3.8, 4) is 0 Å². The lowest BCUT2D eigenvalue weighted by Crippen LogP contribution is -2.36. The predicted octanol–water partition coefficient (Wildman–Crippen LogP) is 4.54. The first-order valence-corrected chi connectivity index (χ1v) is 12.1. The van der Waals surface area contributed by atoms with Gasteiger partial charge >= 0.3 is 0 Å². The zero-order valence-electron chi connectivity index (χ0n) is 17.3. The van der Waals surface area contributed by atoms with Gasteiger partial charge in [-0.05, 0) is 44.1 Å². The normalized spacial score (nSPS) is 16.0. The molecule has 1 saturated carbocycles. The van der Waals surface area contributed by atoms with Crippen LogP contribution < -0.4 is 10.0 Å². The molecule has 1 aliphatic carbocycles. The van der Waals surface area contributed by atoms with Gasteiger partial charge in [-0.15, -0.1) is 0 Å². The van der Waals surface area contributed by atoms with Gasteiger partial charge in [0, 0.05) is 19.5 Å². The molecule has 0 radical (unpaired) electrons. The molecular weight excluding hydrogens is 392 g/mol. The highest BCUT2D eigenvalue weighted by molar-refractivity contribution is 7.99. The molecule has 0 spiro atoms. The van der Waals surface area contributed by atoms with E-state index in [1.54, 1.807) is 11.1 Å². The number of hydrogen-bond acceptors (Lipinski definition) is 6. The maximum Gasteiger partial charge on any atom is 0.237 e. The minimum absolute atomic E-state index is 0.0400. The molecule has 28 heavy (non-hydrogen) atoms. The lowest BCUT2D eigenvalue weighted by molar-refractivity contribution is -0.129. The minimum atomic E-state index is 0.0400. The van der Waals surface area contributed by atoms with Gasteiger partial charge in [-0.3, -0.25) is 9.59 Å². The van der Waals surface area contributed by atoms with Gasteiger partial charge in [-0.2, -0.15) is 0 Å². The van der Waals surface area contributed by atoms with Gasteiger partial charge in [0.25, 0.3) is 0 Å². The van der Waals surface area contributed by atoms with Crippen molar-refractivity contribution in [1.29, 1.82) is 0 Å². The van der Waals surface area contributed by atoms with Gasteiger partial charge in [-0.25, -0.2) is 9.71 Å². The Hall–Kier alpha value is -1.12. The third-order valence-corrected chi connectivity index (χ3v) is 7.33. The Kier molecular flexibility index (Phi) is 10.3. The van der Waals surface area contributed by atoms with Gasteiger partial charge < -0.3 is 10.2 Å². The molecule has 0 aliphatic heterocycles. The topological polar surface area (TPSA) is 74.3 Å². The van der Waals surface area contributed by atoms with Gasteiger partial charge in [-0.1, -0.05) is 50.4 Å². The summed E-state index contributed by atoms with van der Waals surface area (Å²) in [6.07, 6.45) is 9.91. The summed E-state index contributed by atoms with van der Waals surface area (Å²) >= 11 is 2.81. The van der Waals surface area contributed by atoms with E-state index in [0.717, 1.165) is 29.6 Å². The summed E-state index contributed by atoms with van der Waals surface area (Å²) in [5.74, 6) is 1.52. The Morgan fingerprint density at radius 2 is 2.00 bits per heavy atom. The second-order valence-corrected chi connectivity index (χ2v) is 9.66. The third kappa shape index (κ3) is 7.72. The second-order valence-electron chi connectivity index (χ2n) is 7.44. The highest BCUT2D eigenvalue weighted by atomic mass is 32.2. The van der Waals surface area contributed by atoms with Gasteiger partial charge in [0.05, 0.1) is 17.0 Å². The Morgan fingerprint density at radius 1 is 1.29 bits per heavy atom. The molecule has 0 bridgehead atoms. The Morgan fingerprint density at radius 3 is 2.68 bits per heavy atom. The van der Waals surface area contributed by atoms with Crippen molar-refractivity contribution in [3.05, 3.63) is 6.20 Å². The lowest BCUT2D eigenvalue weighted by Gasteiger charge is -2.27. The van der Waals surface area contributed by atoms with Crippen molar-refractivity contribution >= 4 is 40.2 Å². The average molecular weight is 427 g/mol. The van der Waals surface area contributed by atoms with Crippen LogP contribution in [0.1, 0.15) is 65.7 Å². The van der Waals surface area contributed by atoms with E-state index in [4.69, 9.17) is 0 Å². The number of nitrogens with zero attached hydrogens (tertiary/aromatic N) is 2. The molecule has 1 atom stereocenters. The highest BCUT2D eigenvalue weighted by Crippen LogP contribution is 2.32. The van der Waals surface area contributed by atoms with Crippen LogP contribution in [-0.4, -0.2) is 41.3 Å². The van der Waals surface area contributed by atoms with Gasteiger partial charge in [0.1, 0.15) is 0 Å². The van der Waals surface area contributed by atoms with Crippen molar-refractivity contribution < 1.29 is 9.59 Å². The molecular formula is C20H34N4O2S2. The minimum Gasteiger partial charge on any atom is -0.342 e. The number of amides is 2. The van der Waals surface area contributed by atoms with Gasteiger partial charge in [0.2, 0.25) is 11.8 Å². The lowest BCUT2D eigenvalue weighted by atomic mass is 9.79. The first-order chi connectivity index (χ1) is 13.5. The zero-order valence-corrected chi connectivity index (χ0v) is 19.0. The molecule has 0 saturated heterocycles. The summed E-state index contributed by atoms with van der Waals surface area (Å²) in [6, 6.07) is 0. The maximum atomic E-state index is 12.2. The summed E-state index contributed by atoms with van der Waals surface area (Å²) in [6.45, 7) is 7.96. The molecule has 1 aromatic rings. The number of likely N-dealkylation sites (N-methyl/N-ethyl adjacent to an activating group) is 1. The van der Waals surface area contributed by atoms with E-state index in [2.05, 4.69) is 21.9 Å². The average Bonchev–Trinajstić information content (AvgIpc) is 3.14. The standard InChI is InChI=1S/C20H34N4O2S2/c1-4-24(5-2)18(26)13-22-28-19-14-21-20(27-19)23-17(25)12-11-15(3)16-9-7-6-8-10-16/h14-16,22H,4-13H2,1-3H3,(H,21,23,25). The molecule has 2 amide bonds. The first kappa shape index (κ1) is 23.2. The SMILES string of the molecule is CCN(CC)C(=O)CNSc1cnc(NC(=O)CCC(C)C2CCCCC2)s1. The number of rotatable bonds is 11. The van der Waals surface area contributed by atoms with Crippen molar-refractivity contribution in [2.75, 3.05) is 25.0 Å². The van der Waals surface area contributed by atoms with Crippen LogP contribution in [0.2, 0.25) is 0 Å². The Balaban J connectivity index is 1.67. The molecule has 1 unspecified atom stereocenters. The van der Waals surface area contributed by atoms with Crippen LogP contribution in [0.3, 0.4) is 0 Å². The van der Waals surface area contributed by atoms with Crippen LogP contribution in [0, 0.1) is 11.8 Å². The van der Waals surface area contributed by atoms with Crippen LogP contribution in [0.5, 0.6) is 0 Å². The van der Waals surface area contributed by atoms with E-state index in [0.29, 0.717) is 17.5 Å². The highest BCUT2D eigenvalue weighted by Gasteiger charge is 2.20. The molecule has 158 valence electrons. The van der Waals surface area contributed by atoms with Crippen LogP contribution in [0.15, 0.2) is 10.4 Å². The number of thiazole rings is 1. The van der Waals surface area contributed by atoms with Crippen LogP contribution >= 0.6 is 23.3 Å². The van der Waals surface area contributed by atoms with Crippen molar-refractivity contribution in [3.63, 3.8) is 0 Å². The summed E-state index contributed by atoms with van der Waals surface area (Å²) in [4.78, 5) is 30.3. The number of carbonyl (C=O) groups is 2. The van der Waals surface area contributed by atoms with Gasteiger partial charge in [0.15, 0.2) is 5.13 Å². The fourth-order valence-electron chi connectivity index (χ4n) is 3.70. The molecule has 2 rings (SSSR count). The van der Waals surface area contributed by atoms with E-state index in [1.165, 1.54) is 55.4 Å². The number of anilines is 1. The van der Waals surface area contributed by atoms with Crippen LogP contribution in [-0.2, 0) is 9.59 Å². The molecule has 8 heteroatoms. The molecule has 2 N–H and O–H groups in total. The molecule has 1 aliphatic rings. The van der Waals surface area contributed by atoms with Crippen molar-refractivity contribution in [2.24, 2.45) is 11.8 Å². The van der Waals surface area contributed by atoms with Crippen LogP contribution in [0.4, 0.5) is 5.13 Å². The number of carbonyl (C=O) groups excluding carboxylic acids is 2. The van der Waals surface area contributed by atoms with Crippen molar-refractivity contribution in [1.82, 2.24) is 14.6 Å². The summed E-state index contributed by atoms with van der Waals surface area (Å²) in [7, 11) is 0. The summed E-state index contributed by atoms with van der Waals surface area (Å²) < 4.78 is 4.01. The zero-order chi connectivity index (χ0) is 20.4. The quantitative estimate of drug-likeness (QED) is 0.508. The maximum absolute atomic E-state index is 12.2. The van der Waals surface area contributed by atoms with Crippen LogP contribution in [0.25, 0.3) is 0 Å². The van der Waals surface area contributed by atoms with E-state index < -0.39 is 0 Å². The Labute approximate surface area is 177 Å². The molecule has 1 fully saturated rings. The fourth-order valence-corrected chi connectivity index (χ4v) is 5.29. The fraction of sp³-hybridized carbons (Fsp3) is 0.750. The number of aromatic nitrogens is 1. The second kappa shape index (κ2) is 12.4. The Bertz CT molecular complexity index is 613. The summed E-state index contributed by atoms with van der Waals surface area (Å²) in [5, 5.41) is 3.53. The number of nitrogens with one attached hydrogen (secondary N) is 2. The van der Waals surface area contributed by atoms with E-state index in [9.17, 15) is 9.59 Å². The van der Waals surface area contributed by atoms with E-state index in [1.807, 2.05) is 13.8 Å². The smallest absolute Gasteiger partial charge is 0.237 e. The van der Waals surface area contributed by atoms with Crippen molar-refractivity contribution in [2.45, 2.75) is 69.9 Å². The largest absolute Gasteiger partial charge is 0.342 e. The molecule has 1 heterocycles. The van der Waals surface area contributed by atoms with E-state index in [-0.39, 0.29) is 18.4 Å². The van der Waals surface area contributed by atoms with E-state index >= 15 is 0 Å². The summed E-state index contributed by atoms with van der Waals surface area (Å²) in [5.41, 5.74) is 0. The first-order valence-electron chi connectivity index (χ1n) is 10.5. The third-order valence-electron chi connectivity index (χ3n) is 5.52. The number of hydrogen-bond donors (Lipinski definition) is 2. The molecule has 6 nitrogen and oxygen atoms in total. The predicted molar refractivity (Wildman–Crippen MR) is 118 cm³/mol.